The van der Waals surface area contributed by atoms with Crippen LogP contribution in [-0.2, 0) is 5.54 Å². The zero-order chi connectivity index (χ0) is 19.7. The van der Waals surface area contributed by atoms with Crippen LogP contribution >= 0.6 is 0 Å². The van der Waals surface area contributed by atoms with Gasteiger partial charge in [0.05, 0.1) is 16.7 Å². The van der Waals surface area contributed by atoms with Gasteiger partial charge in [-0.15, -0.1) is 0 Å². The topological polar surface area (TPSA) is 89.8 Å². The fourth-order valence-electron chi connectivity index (χ4n) is 3.25. The highest BCUT2D eigenvalue weighted by atomic mass is 15.2. The van der Waals surface area contributed by atoms with Crippen molar-refractivity contribution in [1.82, 2.24) is 9.97 Å². The Labute approximate surface area is 164 Å². The summed E-state index contributed by atoms with van der Waals surface area (Å²) in [5.74, 6) is 6.12. The van der Waals surface area contributed by atoms with Crippen LogP contribution < -0.4 is 17.0 Å². The van der Waals surface area contributed by atoms with E-state index in [4.69, 9.17) is 16.6 Å². The summed E-state index contributed by atoms with van der Waals surface area (Å²) in [6.07, 6.45) is 0. The number of hydrogen-bond acceptors (Lipinski definition) is 5. The van der Waals surface area contributed by atoms with Gasteiger partial charge in [-0.25, -0.2) is 15.8 Å². The summed E-state index contributed by atoms with van der Waals surface area (Å²) in [7, 11) is 0. The van der Waals surface area contributed by atoms with E-state index in [-0.39, 0.29) is 5.54 Å². The second kappa shape index (κ2) is 7.03. The molecule has 0 atom stereocenters. The number of fused-ring (bicyclic) bond motifs is 1. The molecule has 0 saturated heterocycles. The summed E-state index contributed by atoms with van der Waals surface area (Å²) < 4.78 is 0. The van der Waals surface area contributed by atoms with Crippen LogP contribution in [0.3, 0.4) is 0 Å². The maximum atomic E-state index is 6.23. The SMILES string of the molecule is CC(C)(N)c1ccc(-c2nc3ccc(NN)nc3cc2-c2ccccc2)cc1. The van der Waals surface area contributed by atoms with Crippen molar-refractivity contribution in [2.75, 3.05) is 5.43 Å². The summed E-state index contributed by atoms with van der Waals surface area (Å²) in [5, 5.41) is 0. The molecule has 5 heteroatoms. The lowest BCUT2D eigenvalue weighted by Gasteiger charge is -2.19. The van der Waals surface area contributed by atoms with Gasteiger partial charge in [0.15, 0.2) is 0 Å². The Bertz CT molecular complexity index is 1110. The molecule has 4 rings (SSSR count). The largest absolute Gasteiger partial charge is 0.322 e. The van der Waals surface area contributed by atoms with E-state index in [1.54, 1.807) is 0 Å². The van der Waals surface area contributed by atoms with Crippen LogP contribution in [0.1, 0.15) is 19.4 Å². The van der Waals surface area contributed by atoms with Gasteiger partial charge in [0, 0.05) is 16.7 Å². The smallest absolute Gasteiger partial charge is 0.140 e. The minimum atomic E-state index is -0.382. The molecule has 0 saturated carbocycles. The van der Waals surface area contributed by atoms with E-state index in [0.717, 1.165) is 39.0 Å². The molecule has 4 aromatic rings. The van der Waals surface area contributed by atoms with Gasteiger partial charge in [-0.1, -0.05) is 54.6 Å². The Hall–Kier alpha value is -3.28. The summed E-state index contributed by atoms with van der Waals surface area (Å²) in [5.41, 5.74) is 15.2. The highest BCUT2D eigenvalue weighted by Gasteiger charge is 2.16. The predicted molar refractivity (Wildman–Crippen MR) is 115 cm³/mol. The van der Waals surface area contributed by atoms with Gasteiger partial charge >= 0.3 is 0 Å². The number of hydrogen-bond donors (Lipinski definition) is 3. The van der Waals surface area contributed by atoms with Gasteiger partial charge in [-0.2, -0.15) is 0 Å². The fraction of sp³-hybridized carbons (Fsp3) is 0.130. The zero-order valence-corrected chi connectivity index (χ0v) is 16.0. The van der Waals surface area contributed by atoms with Crippen molar-refractivity contribution in [1.29, 1.82) is 0 Å². The van der Waals surface area contributed by atoms with Crippen molar-refractivity contribution in [3.63, 3.8) is 0 Å². The normalized spacial score (nSPS) is 11.6. The van der Waals surface area contributed by atoms with Crippen molar-refractivity contribution < 1.29 is 0 Å². The van der Waals surface area contributed by atoms with Crippen molar-refractivity contribution in [2.24, 2.45) is 11.6 Å². The standard InChI is InChI=1S/C23H23N5/c1-23(2,24)17-10-8-16(9-11-17)22-18(15-6-4-3-5-7-15)14-20-19(27-22)12-13-21(26-20)28-25/h3-14H,24-25H2,1-2H3,(H,26,28). The van der Waals surface area contributed by atoms with E-state index in [9.17, 15) is 0 Å². The molecule has 0 amide bonds. The second-order valence-electron chi connectivity index (χ2n) is 7.43. The maximum Gasteiger partial charge on any atom is 0.140 e. The minimum Gasteiger partial charge on any atom is -0.322 e. The van der Waals surface area contributed by atoms with Crippen LogP contribution in [0.4, 0.5) is 5.82 Å². The van der Waals surface area contributed by atoms with E-state index in [0.29, 0.717) is 5.82 Å². The van der Waals surface area contributed by atoms with Gasteiger partial charge in [0.2, 0.25) is 0 Å². The molecule has 0 unspecified atom stereocenters. The molecule has 0 aliphatic rings. The molecule has 0 fully saturated rings. The first-order valence-electron chi connectivity index (χ1n) is 9.19. The third-order valence-electron chi connectivity index (χ3n) is 4.81. The van der Waals surface area contributed by atoms with E-state index in [2.05, 4.69) is 52.9 Å². The Morgan fingerprint density at radius 2 is 1.50 bits per heavy atom. The first-order chi connectivity index (χ1) is 13.5. The van der Waals surface area contributed by atoms with Crippen LogP contribution in [0.5, 0.6) is 0 Å². The average molecular weight is 369 g/mol. The number of anilines is 1. The molecule has 2 aromatic heterocycles. The van der Waals surface area contributed by atoms with E-state index < -0.39 is 0 Å². The summed E-state index contributed by atoms with van der Waals surface area (Å²) in [4.78, 5) is 9.47. The fourth-order valence-corrected chi connectivity index (χ4v) is 3.25. The number of nitrogens with two attached hydrogens (primary N) is 2. The molecule has 5 nitrogen and oxygen atoms in total. The van der Waals surface area contributed by atoms with Gasteiger partial charge in [0.25, 0.3) is 0 Å². The molecule has 0 bridgehead atoms. The first-order valence-corrected chi connectivity index (χ1v) is 9.19. The summed E-state index contributed by atoms with van der Waals surface area (Å²) in [6, 6.07) is 24.3. The van der Waals surface area contributed by atoms with Gasteiger partial charge < -0.3 is 11.2 Å². The Morgan fingerprint density at radius 3 is 2.14 bits per heavy atom. The minimum absolute atomic E-state index is 0.382. The molecule has 0 radical (unpaired) electrons. The maximum absolute atomic E-state index is 6.23. The van der Waals surface area contributed by atoms with Crippen LogP contribution in [0, 0.1) is 0 Å². The Balaban J connectivity index is 1.93. The average Bonchev–Trinajstić information content (AvgIpc) is 2.72. The molecule has 2 aromatic carbocycles. The van der Waals surface area contributed by atoms with Crippen LogP contribution in [0.15, 0.2) is 72.8 Å². The molecule has 0 aliphatic heterocycles. The molecular formula is C23H23N5. The van der Waals surface area contributed by atoms with Crippen LogP contribution in [0.2, 0.25) is 0 Å². The van der Waals surface area contributed by atoms with E-state index >= 15 is 0 Å². The third-order valence-corrected chi connectivity index (χ3v) is 4.81. The van der Waals surface area contributed by atoms with E-state index in [1.165, 1.54) is 0 Å². The van der Waals surface area contributed by atoms with Gasteiger partial charge in [0.1, 0.15) is 5.82 Å². The Morgan fingerprint density at radius 1 is 0.786 bits per heavy atom. The molecule has 140 valence electrons. The third kappa shape index (κ3) is 3.45. The first kappa shape index (κ1) is 18.1. The number of nitrogens with one attached hydrogen (secondary N) is 1. The second-order valence-corrected chi connectivity index (χ2v) is 7.43. The molecule has 28 heavy (non-hydrogen) atoms. The molecule has 0 spiro atoms. The van der Waals surface area contributed by atoms with Crippen molar-refractivity contribution in [3.05, 3.63) is 78.4 Å². The van der Waals surface area contributed by atoms with E-state index in [1.807, 2.05) is 44.2 Å². The monoisotopic (exact) mass is 369 g/mol. The van der Waals surface area contributed by atoms with Crippen LogP contribution in [-0.4, -0.2) is 9.97 Å². The highest BCUT2D eigenvalue weighted by Crippen LogP contribution is 2.34. The summed E-state index contributed by atoms with van der Waals surface area (Å²) >= 11 is 0. The zero-order valence-electron chi connectivity index (χ0n) is 16.0. The number of nitrogens with zero attached hydrogens (tertiary/aromatic N) is 2. The number of nitrogen functional groups attached to an aromatic ring is 1. The summed E-state index contributed by atoms with van der Waals surface area (Å²) in [6.45, 7) is 4.00. The Kier molecular flexibility index (Phi) is 4.55. The molecular weight excluding hydrogens is 346 g/mol. The van der Waals surface area contributed by atoms with Crippen molar-refractivity contribution >= 4 is 16.9 Å². The lowest BCUT2D eigenvalue weighted by molar-refractivity contribution is 0.554. The van der Waals surface area contributed by atoms with Gasteiger partial charge in [-0.3, -0.25) is 0 Å². The number of pyridine rings is 2. The van der Waals surface area contributed by atoms with Crippen LogP contribution in [0.25, 0.3) is 33.4 Å². The number of hydrazine groups is 1. The van der Waals surface area contributed by atoms with Crippen molar-refractivity contribution in [3.8, 4) is 22.4 Å². The van der Waals surface area contributed by atoms with Gasteiger partial charge in [-0.05, 0) is 43.2 Å². The quantitative estimate of drug-likeness (QED) is 0.365. The molecule has 5 N–H and O–H groups in total. The number of aromatic nitrogens is 2. The molecule has 0 aliphatic carbocycles. The highest BCUT2D eigenvalue weighted by molar-refractivity contribution is 5.90. The number of rotatable bonds is 4. The lowest BCUT2D eigenvalue weighted by Crippen LogP contribution is -2.28. The predicted octanol–water partition coefficient (Wildman–Crippen LogP) is 4.44. The molecule has 2 heterocycles. The van der Waals surface area contributed by atoms with Crippen molar-refractivity contribution in [2.45, 2.75) is 19.4 Å². The lowest BCUT2D eigenvalue weighted by atomic mass is 9.92. The number of benzene rings is 2.